The molecule has 2 rings (SSSR count). The molecule has 1 heterocycles. The Labute approximate surface area is 111 Å². The topological polar surface area (TPSA) is 21.3 Å². The Balaban J connectivity index is 1.96. The lowest BCUT2D eigenvalue weighted by Crippen LogP contribution is -2.41. The van der Waals surface area contributed by atoms with Gasteiger partial charge in [0, 0.05) is 17.1 Å². The first kappa shape index (κ1) is 12.8. The van der Waals surface area contributed by atoms with E-state index >= 15 is 0 Å². The summed E-state index contributed by atoms with van der Waals surface area (Å²) in [7, 11) is 0. The third kappa shape index (κ3) is 4.26. The molecule has 1 unspecified atom stereocenters. The molecule has 0 saturated carbocycles. The van der Waals surface area contributed by atoms with Gasteiger partial charge in [0.05, 0.1) is 13.2 Å². The van der Waals surface area contributed by atoms with Crippen LogP contribution >= 0.6 is 15.9 Å². The molecule has 1 atom stereocenters. The molecule has 3 heteroatoms. The van der Waals surface area contributed by atoms with Crippen LogP contribution in [0.5, 0.6) is 0 Å². The maximum Gasteiger partial charge on any atom is 0.0623 e. The molecule has 2 nitrogen and oxygen atoms in total. The highest BCUT2D eigenvalue weighted by Crippen LogP contribution is 2.16. The maximum atomic E-state index is 5.46. The first-order valence-corrected chi connectivity index (χ1v) is 6.77. The van der Waals surface area contributed by atoms with Crippen molar-refractivity contribution in [2.24, 2.45) is 0 Å². The SMILES string of the molecule is C/C(=C/c1cccc(Br)c1)CC1COCCN1. The highest BCUT2D eigenvalue weighted by Gasteiger charge is 2.12. The molecule has 0 aliphatic carbocycles. The fraction of sp³-hybridized carbons (Fsp3) is 0.429. The van der Waals surface area contributed by atoms with E-state index in [1.807, 2.05) is 6.07 Å². The molecule has 1 aromatic rings. The highest BCUT2D eigenvalue weighted by molar-refractivity contribution is 9.10. The smallest absolute Gasteiger partial charge is 0.0623 e. The summed E-state index contributed by atoms with van der Waals surface area (Å²) in [5.74, 6) is 0. The molecule has 0 spiro atoms. The van der Waals surface area contributed by atoms with Crippen LogP contribution in [0.25, 0.3) is 6.08 Å². The standard InChI is InChI=1S/C14H18BrNO/c1-11(8-14-10-17-6-5-16-14)7-12-3-2-4-13(15)9-12/h2-4,7,9,14,16H,5-6,8,10H2,1H3/b11-7-. The molecule has 1 aromatic carbocycles. The van der Waals surface area contributed by atoms with Gasteiger partial charge in [-0.25, -0.2) is 0 Å². The van der Waals surface area contributed by atoms with E-state index in [0.29, 0.717) is 6.04 Å². The lowest BCUT2D eigenvalue weighted by Gasteiger charge is -2.24. The van der Waals surface area contributed by atoms with Crippen molar-refractivity contribution >= 4 is 22.0 Å². The Morgan fingerprint density at radius 3 is 3.18 bits per heavy atom. The average molecular weight is 296 g/mol. The van der Waals surface area contributed by atoms with Gasteiger partial charge in [0.15, 0.2) is 0 Å². The second kappa shape index (κ2) is 6.34. The van der Waals surface area contributed by atoms with E-state index in [2.05, 4.69) is 52.4 Å². The largest absolute Gasteiger partial charge is 0.379 e. The third-order valence-corrected chi connectivity index (χ3v) is 3.32. The van der Waals surface area contributed by atoms with Crippen LogP contribution in [0.3, 0.4) is 0 Å². The second-order valence-corrected chi connectivity index (χ2v) is 5.39. The molecule has 17 heavy (non-hydrogen) atoms. The zero-order valence-electron chi connectivity index (χ0n) is 10.1. The molecule has 0 radical (unpaired) electrons. The summed E-state index contributed by atoms with van der Waals surface area (Å²) in [6, 6.07) is 8.83. The summed E-state index contributed by atoms with van der Waals surface area (Å²) in [5, 5.41) is 3.47. The van der Waals surface area contributed by atoms with Gasteiger partial charge in [-0.15, -0.1) is 0 Å². The van der Waals surface area contributed by atoms with E-state index in [4.69, 9.17) is 4.74 Å². The van der Waals surface area contributed by atoms with Crippen molar-refractivity contribution in [3.8, 4) is 0 Å². The number of benzene rings is 1. The third-order valence-electron chi connectivity index (χ3n) is 2.83. The maximum absolute atomic E-state index is 5.46. The van der Waals surface area contributed by atoms with Crippen molar-refractivity contribution in [2.45, 2.75) is 19.4 Å². The van der Waals surface area contributed by atoms with Gasteiger partial charge in [-0.2, -0.15) is 0 Å². The minimum absolute atomic E-state index is 0.465. The van der Waals surface area contributed by atoms with Crippen molar-refractivity contribution < 1.29 is 4.74 Å². The van der Waals surface area contributed by atoms with Crippen LogP contribution in [0.15, 0.2) is 34.3 Å². The van der Waals surface area contributed by atoms with Gasteiger partial charge in [-0.3, -0.25) is 0 Å². The van der Waals surface area contributed by atoms with Crippen molar-refractivity contribution in [1.29, 1.82) is 0 Å². The van der Waals surface area contributed by atoms with Crippen LogP contribution in [0.1, 0.15) is 18.9 Å². The van der Waals surface area contributed by atoms with E-state index in [1.54, 1.807) is 0 Å². The van der Waals surface area contributed by atoms with Crippen molar-refractivity contribution in [3.63, 3.8) is 0 Å². The zero-order chi connectivity index (χ0) is 12.1. The number of nitrogens with one attached hydrogen (secondary N) is 1. The summed E-state index contributed by atoms with van der Waals surface area (Å²) in [5.41, 5.74) is 2.62. The molecular weight excluding hydrogens is 278 g/mol. The molecule has 1 aliphatic heterocycles. The molecule has 1 fully saturated rings. The summed E-state index contributed by atoms with van der Waals surface area (Å²) >= 11 is 3.49. The fourth-order valence-electron chi connectivity index (χ4n) is 2.08. The lowest BCUT2D eigenvalue weighted by molar-refractivity contribution is 0.0771. The van der Waals surface area contributed by atoms with Crippen LogP contribution in [-0.4, -0.2) is 25.8 Å². The first-order chi connectivity index (χ1) is 8.24. The second-order valence-electron chi connectivity index (χ2n) is 4.48. The predicted octanol–water partition coefficient (Wildman–Crippen LogP) is 3.23. The van der Waals surface area contributed by atoms with E-state index in [0.717, 1.165) is 30.7 Å². The van der Waals surface area contributed by atoms with Gasteiger partial charge >= 0.3 is 0 Å². The Bertz CT molecular complexity index is 397. The van der Waals surface area contributed by atoms with Crippen molar-refractivity contribution in [2.75, 3.05) is 19.8 Å². The van der Waals surface area contributed by atoms with Crippen LogP contribution in [0.2, 0.25) is 0 Å². The molecule has 0 bridgehead atoms. The van der Waals surface area contributed by atoms with Gasteiger partial charge in [-0.1, -0.05) is 39.7 Å². The van der Waals surface area contributed by atoms with E-state index in [-0.39, 0.29) is 0 Å². The van der Waals surface area contributed by atoms with Crippen molar-refractivity contribution in [3.05, 3.63) is 39.9 Å². The Hall–Kier alpha value is -0.640. The summed E-state index contributed by atoms with van der Waals surface area (Å²) < 4.78 is 6.58. The Kier molecular flexibility index (Phi) is 4.77. The number of morpholine rings is 1. The van der Waals surface area contributed by atoms with Gasteiger partial charge < -0.3 is 10.1 Å². The number of hydrogen-bond acceptors (Lipinski definition) is 2. The molecular formula is C14H18BrNO. The fourth-order valence-corrected chi connectivity index (χ4v) is 2.50. The van der Waals surface area contributed by atoms with Gasteiger partial charge in [0.1, 0.15) is 0 Å². The number of halogens is 1. The van der Waals surface area contributed by atoms with Crippen molar-refractivity contribution in [1.82, 2.24) is 5.32 Å². The van der Waals surface area contributed by atoms with E-state index in [1.165, 1.54) is 11.1 Å². The lowest BCUT2D eigenvalue weighted by atomic mass is 10.0. The van der Waals surface area contributed by atoms with Crippen LogP contribution in [-0.2, 0) is 4.74 Å². The Morgan fingerprint density at radius 1 is 1.59 bits per heavy atom. The first-order valence-electron chi connectivity index (χ1n) is 5.98. The number of rotatable bonds is 3. The monoisotopic (exact) mass is 295 g/mol. The highest BCUT2D eigenvalue weighted by atomic mass is 79.9. The average Bonchev–Trinajstić information content (AvgIpc) is 2.30. The molecule has 1 aliphatic rings. The minimum atomic E-state index is 0.465. The zero-order valence-corrected chi connectivity index (χ0v) is 11.7. The normalized spacial score (nSPS) is 21.5. The van der Waals surface area contributed by atoms with E-state index in [9.17, 15) is 0 Å². The summed E-state index contributed by atoms with van der Waals surface area (Å²) in [6.45, 7) is 4.81. The molecule has 1 N–H and O–H groups in total. The predicted molar refractivity (Wildman–Crippen MR) is 75.0 cm³/mol. The summed E-state index contributed by atoms with van der Waals surface area (Å²) in [4.78, 5) is 0. The van der Waals surface area contributed by atoms with Gasteiger partial charge in [0.2, 0.25) is 0 Å². The molecule has 0 amide bonds. The van der Waals surface area contributed by atoms with Gasteiger partial charge in [-0.05, 0) is 31.0 Å². The number of ether oxygens (including phenoxy) is 1. The molecule has 0 aromatic heterocycles. The molecule has 1 saturated heterocycles. The van der Waals surface area contributed by atoms with Crippen LogP contribution < -0.4 is 5.32 Å². The number of hydrogen-bond donors (Lipinski definition) is 1. The summed E-state index contributed by atoms with van der Waals surface area (Å²) in [6.07, 6.45) is 3.29. The molecule has 92 valence electrons. The van der Waals surface area contributed by atoms with Gasteiger partial charge in [0.25, 0.3) is 0 Å². The van der Waals surface area contributed by atoms with Crippen LogP contribution in [0, 0.1) is 0 Å². The van der Waals surface area contributed by atoms with Crippen LogP contribution in [0.4, 0.5) is 0 Å². The quantitative estimate of drug-likeness (QED) is 0.924. The minimum Gasteiger partial charge on any atom is -0.379 e. The van der Waals surface area contributed by atoms with E-state index < -0.39 is 0 Å². The Morgan fingerprint density at radius 2 is 2.47 bits per heavy atom.